The molecule has 0 aliphatic rings. The Morgan fingerprint density at radius 3 is 1.41 bits per heavy atom. The zero-order valence-electron chi connectivity index (χ0n) is 14.4. The molecule has 0 aromatic rings. The summed E-state index contributed by atoms with van der Waals surface area (Å²) in [6.45, 7) is 4.45. The van der Waals surface area contributed by atoms with E-state index in [0.29, 0.717) is 0 Å². The minimum Gasteiger partial charge on any atom is -0.784 e. The summed E-state index contributed by atoms with van der Waals surface area (Å²) in [4.78, 5) is 11.5. The van der Waals surface area contributed by atoms with Gasteiger partial charge in [0.05, 0.1) is 0 Å². The summed E-state index contributed by atoms with van der Waals surface area (Å²) < 4.78 is 10.2. The Morgan fingerprint density at radius 2 is 1.00 bits per heavy atom. The van der Waals surface area contributed by atoms with Crippen molar-refractivity contribution in [1.82, 2.24) is 0 Å². The molecule has 0 spiro atoms. The molecule has 0 N–H and O–H groups in total. The van der Waals surface area contributed by atoms with Crippen LogP contribution in [0.1, 0.15) is 90.9 Å². The third-order valence-corrected chi connectivity index (χ3v) is 6.12. The van der Waals surface area contributed by atoms with Crippen molar-refractivity contribution in [3.63, 3.8) is 0 Å². The summed E-state index contributed by atoms with van der Waals surface area (Å²) in [7, 11) is -1.97. The van der Waals surface area contributed by atoms with E-state index in [2.05, 4.69) is 13.8 Å². The van der Waals surface area contributed by atoms with Gasteiger partial charge in [0.15, 0.2) is 0 Å². The van der Waals surface area contributed by atoms with Crippen LogP contribution in [0.4, 0.5) is 0 Å². The molecule has 0 radical (unpaired) electrons. The van der Waals surface area contributed by atoms with E-state index in [9.17, 15) is 4.89 Å². The molecule has 0 aliphatic heterocycles. The van der Waals surface area contributed by atoms with Crippen molar-refractivity contribution in [3.8, 4) is 0 Å². The molecule has 6 heteroatoms. The van der Waals surface area contributed by atoms with Gasteiger partial charge in [-0.15, -0.1) is 0 Å². The van der Waals surface area contributed by atoms with Crippen LogP contribution in [-0.2, 0) is 7.94 Å². The Morgan fingerprint density at radius 1 is 0.636 bits per heavy atom. The third-order valence-electron chi connectivity index (χ3n) is 3.39. The minimum absolute atomic E-state index is 0.901. The van der Waals surface area contributed by atoms with Crippen molar-refractivity contribution in [2.75, 3.05) is 11.5 Å². The molecule has 0 fully saturated rings. The van der Waals surface area contributed by atoms with Crippen molar-refractivity contribution in [2.45, 2.75) is 90.9 Å². The van der Waals surface area contributed by atoms with Gasteiger partial charge in [0.25, 0.3) is 0 Å². The zero-order chi connectivity index (χ0) is 16.3. The fourth-order valence-electron chi connectivity index (χ4n) is 2.06. The van der Waals surface area contributed by atoms with Gasteiger partial charge in [0.2, 0.25) is 0 Å². The zero-order valence-corrected chi connectivity index (χ0v) is 16.9. The van der Waals surface area contributed by atoms with E-state index in [0.717, 1.165) is 24.3 Å². The Balaban J connectivity index is 3.11. The van der Waals surface area contributed by atoms with Crippen LogP contribution in [0.2, 0.25) is 0 Å². The summed E-state index contributed by atoms with van der Waals surface area (Å²) in [6, 6.07) is 0. The first-order valence-corrected chi connectivity index (χ1v) is 11.8. The average molecular weight is 370 g/mol. The maximum Gasteiger partial charge on any atom is 0.117 e. The highest BCUT2D eigenvalue weighted by Crippen LogP contribution is 2.38. The molecule has 0 heterocycles. The van der Waals surface area contributed by atoms with Crippen LogP contribution in [0, 0.1) is 0 Å². The van der Waals surface area contributed by atoms with E-state index >= 15 is 0 Å². The summed E-state index contributed by atoms with van der Waals surface area (Å²) in [6.07, 6.45) is 15.2. The van der Waals surface area contributed by atoms with Gasteiger partial charge in [-0.05, 0) is 36.9 Å². The first kappa shape index (κ1) is 23.0. The molecule has 134 valence electrons. The summed E-state index contributed by atoms with van der Waals surface area (Å²) in [5, 5.41) is 0. The minimum atomic E-state index is -1.97. The maximum absolute atomic E-state index is 11.5. The predicted octanol–water partition coefficient (Wildman–Crippen LogP) is 6.62. The van der Waals surface area contributed by atoms with Crippen molar-refractivity contribution in [2.24, 2.45) is 0 Å². The molecule has 0 saturated carbocycles. The van der Waals surface area contributed by atoms with Crippen LogP contribution in [0.3, 0.4) is 0 Å². The van der Waals surface area contributed by atoms with Gasteiger partial charge in [-0.1, -0.05) is 78.1 Å². The SMILES string of the molecule is CCCCCCCCSOP([O-])OSCCCCCCCC. The third kappa shape index (κ3) is 19.1. The van der Waals surface area contributed by atoms with Crippen molar-refractivity contribution in [3.05, 3.63) is 0 Å². The lowest BCUT2D eigenvalue weighted by Gasteiger charge is -2.19. The highest BCUT2D eigenvalue weighted by molar-refractivity contribution is 8.00. The second-order valence-corrected chi connectivity index (χ2v) is 8.48. The van der Waals surface area contributed by atoms with Crippen LogP contribution in [0.25, 0.3) is 0 Å². The highest BCUT2D eigenvalue weighted by Gasteiger charge is 1.99. The van der Waals surface area contributed by atoms with Gasteiger partial charge < -0.3 is 4.89 Å². The van der Waals surface area contributed by atoms with Gasteiger partial charge in [0, 0.05) is 11.5 Å². The fraction of sp³-hybridized carbons (Fsp3) is 1.00. The van der Waals surface area contributed by atoms with E-state index in [-0.39, 0.29) is 0 Å². The lowest BCUT2D eigenvalue weighted by molar-refractivity contribution is -0.186. The molecular formula is C16H34O3PS2-. The lowest BCUT2D eigenvalue weighted by Crippen LogP contribution is -1.97. The monoisotopic (exact) mass is 369 g/mol. The second kappa shape index (κ2) is 20.1. The Kier molecular flexibility index (Phi) is 21.0. The standard InChI is InChI=1S/C16H34O3PS2/c1-3-5-7-9-11-13-15-21-18-20(17)19-22-16-14-12-10-8-6-4-2/h3-16H2,1-2H3/q-1. The highest BCUT2D eigenvalue weighted by atomic mass is 32.2. The quantitative estimate of drug-likeness (QED) is 0.154. The Bertz CT molecular complexity index is 192. The van der Waals surface area contributed by atoms with Crippen molar-refractivity contribution in [1.29, 1.82) is 0 Å². The maximum atomic E-state index is 11.5. The fourth-order valence-corrected chi connectivity index (χ4v) is 4.31. The largest absolute Gasteiger partial charge is 0.784 e. The number of hydrogen-bond acceptors (Lipinski definition) is 5. The number of rotatable bonds is 18. The molecule has 0 saturated heterocycles. The Labute approximate surface area is 148 Å². The van der Waals surface area contributed by atoms with E-state index in [1.54, 1.807) is 0 Å². The molecule has 0 rings (SSSR count). The van der Waals surface area contributed by atoms with Gasteiger partial charge >= 0.3 is 0 Å². The first-order valence-electron chi connectivity index (χ1n) is 8.87. The van der Waals surface area contributed by atoms with Crippen LogP contribution in [0.5, 0.6) is 0 Å². The topological polar surface area (TPSA) is 41.5 Å². The summed E-state index contributed by atoms with van der Waals surface area (Å²) in [5.74, 6) is 1.80. The molecule has 0 aromatic carbocycles. The second-order valence-electron chi connectivity index (χ2n) is 5.55. The first-order chi connectivity index (χ1) is 10.8. The smallest absolute Gasteiger partial charge is 0.117 e. The van der Waals surface area contributed by atoms with Gasteiger partial charge in [-0.25, -0.2) is 0 Å². The van der Waals surface area contributed by atoms with Gasteiger partial charge in [0.1, 0.15) is 8.60 Å². The van der Waals surface area contributed by atoms with E-state index in [1.807, 2.05) is 0 Å². The van der Waals surface area contributed by atoms with Gasteiger partial charge in [-0.2, -0.15) is 0 Å². The molecule has 0 amide bonds. The van der Waals surface area contributed by atoms with Crippen LogP contribution < -0.4 is 4.89 Å². The molecule has 0 bridgehead atoms. The van der Waals surface area contributed by atoms with Crippen LogP contribution >= 0.6 is 32.7 Å². The normalized spacial score (nSPS) is 11.5. The van der Waals surface area contributed by atoms with E-state index < -0.39 is 8.60 Å². The molecule has 0 aromatic heterocycles. The molecule has 3 nitrogen and oxygen atoms in total. The molecular weight excluding hydrogens is 335 g/mol. The average Bonchev–Trinajstić information content (AvgIpc) is 2.52. The number of hydrogen-bond donors (Lipinski definition) is 0. The van der Waals surface area contributed by atoms with Gasteiger partial charge in [-0.3, -0.25) is 7.94 Å². The molecule has 22 heavy (non-hydrogen) atoms. The number of unbranched alkanes of at least 4 members (excludes halogenated alkanes) is 10. The Hall–Kier alpha value is 1.01. The summed E-state index contributed by atoms with van der Waals surface area (Å²) >= 11 is 2.56. The van der Waals surface area contributed by atoms with Crippen molar-refractivity contribution < 1.29 is 12.8 Å². The molecule has 0 aliphatic carbocycles. The summed E-state index contributed by atoms with van der Waals surface area (Å²) in [5.41, 5.74) is 0. The van der Waals surface area contributed by atoms with Crippen LogP contribution in [0.15, 0.2) is 0 Å². The van der Waals surface area contributed by atoms with E-state index in [4.69, 9.17) is 7.94 Å². The molecule has 0 atom stereocenters. The lowest BCUT2D eigenvalue weighted by atomic mass is 10.1. The predicted molar refractivity (Wildman–Crippen MR) is 101 cm³/mol. The molecule has 0 unspecified atom stereocenters. The van der Waals surface area contributed by atoms with Crippen molar-refractivity contribution >= 4 is 32.7 Å². The van der Waals surface area contributed by atoms with Crippen LogP contribution in [-0.4, -0.2) is 11.5 Å². The van der Waals surface area contributed by atoms with E-state index in [1.165, 1.54) is 88.3 Å².